The Morgan fingerprint density at radius 3 is 2.38 bits per heavy atom. The smallest absolute Gasteiger partial charge is 0.275 e. The van der Waals surface area contributed by atoms with E-state index in [0.717, 1.165) is 0 Å². The third-order valence-corrected chi connectivity index (χ3v) is 3.77. The van der Waals surface area contributed by atoms with Crippen LogP contribution in [0.3, 0.4) is 0 Å². The van der Waals surface area contributed by atoms with Gasteiger partial charge in [-0.1, -0.05) is 18.2 Å². The van der Waals surface area contributed by atoms with Crippen LogP contribution in [0.15, 0.2) is 29.1 Å². The van der Waals surface area contributed by atoms with Gasteiger partial charge in [-0.05, 0) is 40.7 Å². The van der Waals surface area contributed by atoms with Gasteiger partial charge in [0.15, 0.2) is 5.69 Å². The molecule has 1 aromatic heterocycles. The lowest BCUT2D eigenvalue weighted by Crippen LogP contribution is -2.43. The normalized spacial score (nSPS) is 12.0. The van der Waals surface area contributed by atoms with Crippen molar-refractivity contribution in [3.8, 4) is 0 Å². The van der Waals surface area contributed by atoms with Crippen molar-refractivity contribution >= 4 is 16.7 Å². The van der Waals surface area contributed by atoms with Gasteiger partial charge in [0.2, 0.25) is 0 Å². The van der Waals surface area contributed by atoms with Crippen LogP contribution < -0.4 is 5.56 Å². The van der Waals surface area contributed by atoms with Crippen LogP contribution in [-0.2, 0) is 0 Å². The second-order valence-electron chi connectivity index (χ2n) is 6.87. The molecule has 0 atom stereocenters. The Morgan fingerprint density at radius 2 is 1.88 bits per heavy atom. The maximum Gasteiger partial charge on any atom is 0.275 e. The van der Waals surface area contributed by atoms with Gasteiger partial charge < -0.3 is 10.0 Å². The topological polar surface area (TPSA) is 75.4 Å². The lowest BCUT2D eigenvalue weighted by Gasteiger charge is -2.28. The summed E-state index contributed by atoms with van der Waals surface area (Å²) in [7, 11) is 0. The molecule has 0 bridgehead atoms. The second kappa shape index (κ2) is 6.73. The summed E-state index contributed by atoms with van der Waals surface area (Å²) in [5, 5.41) is 15.4. The zero-order chi connectivity index (χ0) is 18.1. The Hall–Kier alpha value is -2.21. The molecule has 1 N–H and O–H groups in total. The van der Waals surface area contributed by atoms with Gasteiger partial charge in [-0.15, -0.1) is 0 Å². The summed E-state index contributed by atoms with van der Waals surface area (Å²) >= 11 is 0. The molecule has 2 aromatic rings. The Bertz CT molecular complexity index is 803. The van der Waals surface area contributed by atoms with Crippen LogP contribution in [0.5, 0.6) is 0 Å². The van der Waals surface area contributed by atoms with Crippen molar-refractivity contribution in [1.82, 2.24) is 14.7 Å². The van der Waals surface area contributed by atoms with E-state index in [1.165, 1.54) is 4.68 Å². The maximum atomic E-state index is 13.0. The molecule has 24 heavy (non-hydrogen) atoms. The standard InChI is InChI=1S/C18H25N3O3/c1-6-20(11-18(4,5)24)17(23)15-13-9-7-8-10-14(13)16(22)21(19-15)12(2)3/h7-10,12,24H,6,11H2,1-5H3. The number of likely N-dealkylation sites (N-methyl/N-ethyl adjacent to an activating group) is 1. The fraction of sp³-hybridized carbons (Fsp3) is 0.500. The van der Waals surface area contributed by atoms with E-state index in [-0.39, 0.29) is 29.7 Å². The SMILES string of the molecule is CCN(CC(C)(C)O)C(=O)c1nn(C(C)C)c(=O)c2ccccc12. The highest BCUT2D eigenvalue weighted by atomic mass is 16.3. The first kappa shape index (κ1) is 18.1. The maximum absolute atomic E-state index is 13.0. The van der Waals surface area contributed by atoms with E-state index in [0.29, 0.717) is 17.3 Å². The first-order valence-corrected chi connectivity index (χ1v) is 8.19. The quantitative estimate of drug-likeness (QED) is 0.911. The van der Waals surface area contributed by atoms with Gasteiger partial charge >= 0.3 is 0 Å². The molecule has 1 heterocycles. The van der Waals surface area contributed by atoms with Crippen molar-refractivity contribution in [2.45, 2.75) is 46.3 Å². The van der Waals surface area contributed by atoms with Crippen molar-refractivity contribution in [3.05, 3.63) is 40.3 Å². The molecule has 0 aliphatic carbocycles. The predicted octanol–water partition coefficient (Wildman–Crippen LogP) is 2.21. The van der Waals surface area contributed by atoms with E-state index < -0.39 is 5.60 Å². The number of fused-ring (bicyclic) bond motifs is 1. The van der Waals surface area contributed by atoms with E-state index in [1.54, 1.807) is 43.0 Å². The highest BCUT2D eigenvalue weighted by Gasteiger charge is 2.26. The second-order valence-corrected chi connectivity index (χ2v) is 6.87. The first-order chi connectivity index (χ1) is 11.2. The number of aromatic nitrogens is 2. The van der Waals surface area contributed by atoms with E-state index in [9.17, 15) is 14.7 Å². The molecule has 130 valence electrons. The van der Waals surface area contributed by atoms with Crippen LogP contribution in [0.25, 0.3) is 10.8 Å². The Labute approximate surface area is 141 Å². The number of nitrogens with zero attached hydrogens (tertiary/aromatic N) is 3. The van der Waals surface area contributed by atoms with Gasteiger partial charge in [0.25, 0.3) is 11.5 Å². The van der Waals surface area contributed by atoms with Gasteiger partial charge in [-0.25, -0.2) is 4.68 Å². The molecular weight excluding hydrogens is 306 g/mol. The van der Waals surface area contributed by atoms with Gasteiger partial charge in [0.1, 0.15) is 0 Å². The summed E-state index contributed by atoms with van der Waals surface area (Å²) in [6.45, 7) is 9.51. The molecular formula is C18H25N3O3. The highest BCUT2D eigenvalue weighted by molar-refractivity contribution is 6.04. The minimum absolute atomic E-state index is 0.155. The van der Waals surface area contributed by atoms with Crippen molar-refractivity contribution < 1.29 is 9.90 Å². The van der Waals surface area contributed by atoms with Gasteiger partial charge in [-0.2, -0.15) is 5.10 Å². The Balaban J connectivity index is 2.64. The summed E-state index contributed by atoms with van der Waals surface area (Å²) in [4.78, 5) is 27.1. The minimum Gasteiger partial charge on any atom is -0.389 e. The lowest BCUT2D eigenvalue weighted by atomic mass is 10.1. The summed E-state index contributed by atoms with van der Waals surface area (Å²) in [6.07, 6.45) is 0. The van der Waals surface area contributed by atoms with Gasteiger partial charge in [0.05, 0.1) is 17.0 Å². The molecule has 1 amide bonds. The molecule has 0 spiro atoms. The summed E-state index contributed by atoms with van der Waals surface area (Å²) in [6, 6.07) is 6.85. The third-order valence-electron chi connectivity index (χ3n) is 3.77. The third kappa shape index (κ3) is 3.64. The largest absolute Gasteiger partial charge is 0.389 e. The highest BCUT2D eigenvalue weighted by Crippen LogP contribution is 2.17. The van der Waals surface area contributed by atoms with Crippen molar-refractivity contribution in [2.75, 3.05) is 13.1 Å². The fourth-order valence-electron chi connectivity index (χ4n) is 2.66. The Kier molecular flexibility index (Phi) is 5.08. The van der Waals surface area contributed by atoms with Crippen molar-refractivity contribution in [3.63, 3.8) is 0 Å². The fourth-order valence-corrected chi connectivity index (χ4v) is 2.66. The zero-order valence-corrected chi connectivity index (χ0v) is 14.9. The van der Waals surface area contributed by atoms with Crippen molar-refractivity contribution in [1.29, 1.82) is 0 Å². The van der Waals surface area contributed by atoms with Crippen LogP contribution in [0, 0.1) is 0 Å². The molecule has 0 aliphatic rings. The predicted molar refractivity (Wildman–Crippen MR) is 94.3 cm³/mol. The molecule has 0 saturated heterocycles. The van der Waals surface area contributed by atoms with E-state index in [2.05, 4.69) is 5.10 Å². The number of rotatable bonds is 5. The number of hydrogen-bond acceptors (Lipinski definition) is 4. The van der Waals surface area contributed by atoms with Gasteiger partial charge in [0, 0.05) is 18.5 Å². The van der Waals surface area contributed by atoms with E-state index >= 15 is 0 Å². The molecule has 0 unspecified atom stereocenters. The molecule has 0 aliphatic heterocycles. The average molecular weight is 331 g/mol. The molecule has 0 radical (unpaired) electrons. The summed E-state index contributed by atoms with van der Waals surface area (Å²) in [5.74, 6) is -0.287. The number of amides is 1. The number of carbonyl (C=O) groups excluding carboxylic acids is 1. The number of hydrogen-bond donors (Lipinski definition) is 1. The van der Waals surface area contributed by atoms with E-state index in [1.807, 2.05) is 20.8 Å². The molecule has 2 rings (SSSR count). The molecule has 0 fully saturated rings. The molecule has 6 heteroatoms. The van der Waals surface area contributed by atoms with Crippen LogP contribution in [-0.4, -0.2) is 44.4 Å². The van der Waals surface area contributed by atoms with Crippen LogP contribution in [0.1, 0.15) is 51.1 Å². The van der Waals surface area contributed by atoms with Gasteiger partial charge in [-0.3, -0.25) is 9.59 Å². The minimum atomic E-state index is -1.01. The van der Waals surface area contributed by atoms with Crippen LogP contribution >= 0.6 is 0 Å². The molecule has 1 aromatic carbocycles. The number of aliphatic hydroxyl groups is 1. The van der Waals surface area contributed by atoms with Crippen LogP contribution in [0.4, 0.5) is 0 Å². The Morgan fingerprint density at radius 1 is 1.29 bits per heavy atom. The lowest BCUT2D eigenvalue weighted by molar-refractivity contribution is 0.0311. The monoisotopic (exact) mass is 331 g/mol. The molecule has 6 nitrogen and oxygen atoms in total. The average Bonchev–Trinajstić information content (AvgIpc) is 2.51. The number of benzene rings is 1. The summed E-state index contributed by atoms with van der Waals surface area (Å²) < 4.78 is 1.34. The van der Waals surface area contributed by atoms with E-state index in [4.69, 9.17) is 0 Å². The van der Waals surface area contributed by atoms with Crippen LogP contribution in [0.2, 0.25) is 0 Å². The first-order valence-electron chi connectivity index (χ1n) is 8.19. The molecule has 0 saturated carbocycles. The summed E-state index contributed by atoms with van der Waals surface area (Å²) in [5.41, 5.74) is -0.971. The zero-order valence-electron chi connectivity index (χ0n) is 14.9. The van der Waals surface area contributed by atoms with Crippen molar-refractivity contribution in [2.24, 2.45) is 0 Å². The number of carbonyl (C=O) groups is 1.